The highest BCUT2D eigenvalue weighted by atomic mass is 35.5. The molecule has 1 amide bonds. The molecule has 0 spiro atoms. The molecular weight excluding hydrogens is 246 g/mol. The fourth-order valence-electron chi connectivity index (χ4n) is 2.65. The van der Waals surface area contributed by atoms with Gasteiger partial charge < -0.3 is 5.32 Å². The maximum atomic E-state index is 12.0. The first-order valence-corrected chi connectivity index (χ1v) is 8.21. The maximum absolute atomic E-state index is 12.0. The fourth-order valence-corrected chi connectivity index (χ4v) is 2.84. The van der Waals surface area contributed by atoms with Crippen LogP contribution in [0.25, 0.3) is 0 Å². The number of hydrogen-bond acceptors (Lipinski definition) is 1. The molecular formula is C15H28ClNO. The predicted molar refractivity (Wildman–Crippen MR) is 78.0 cm³/mol. The van der Waals surface area contributed by atoms with Gasteiger partial charge in [0.2, 0.25) is 5.91 Å². The Hall–Kier alpha value is -0.240. The highest BCUT2D eigenvalue weighted by Gasteiger charge is 2.18. The second kappa shape index (κ2) is 10.7. The molecule has 0 aromatic heterocycles. The lowest BCUT2D eigenvalue weighted by atomic mass is 9.90. The van der Waals surface area contributed by atoms with E-state index < -0.39 is 0 Å². The van der Waals surface area contributed by atoms with Crippen molar-refractivity contribution in [2.75, 3.05) is 12.4 Å². The van der Waals surface area contributed by atoms with E-state index in [-0.39, 0.29) is 5.92 Å². The summed E-state index contributed by atoms with van der Waals surface area (Å²) in [6, 6.07) is 0. The molecule has 0 aliphatic heterocycles. The maximum Gasteiger partial charge on any atom is 0.223 e. The topological polar surface area (TPSA) is 29.1 Å². The van der Waals surface area contributed by atoms with E-state index in [1.54, 1.807) is 0 Å². The van der Waals surface area contributed by atoms with E-state index in [0.717, 1.165) is 38.1 Å². The van der Waals surface area contributed by atoms with Crippen LogP contribution in [0.5, 0.6) is 0 Å². The Balaban J connectivity index is 2.06. The number of nitrogens with one attached hydrogen (secondary N) is 1. The molecule has 1 aliphatic carbocycles. The molecule has 0 aromatic rings. The summed E-state index contributed by atoms with van der Waals surface area (Å²) in [5.41, 5.74) is 0. The average molecular weight is 274 g/mol. The summed E-state index contributed by atoms with van der Waals surface area (Å²) in [4.78, 5) is 12.0. The lowest BCUT2D eigenvalue weighted by Crippen LogP contribution is -2.31. The van der Waals surface area contributed by atoms with E-state index in [2.05, 4.69) is 5.32 Å². The zero-order valence-electron chi connectivity index (χ0n) is 11.6. The van der Waals surface area contributed by atoms with Crippen LogP contribution in [0.4, 0.5) is 0 Å². The zero-order valence-corrected chi connectivity index (χ0v) is 12.3. The third kappa shape index (κ3) is 7.25. The lowest BCUT2D eigenvalue weighted by molar-refractivity contribution is -0.125. The van der Waals surface area contributed by atoms with Crippen LogP contribution in [0.15, 0.2) is 0 Å². The van der Waals surface area contributed by atoms with Crippen molar-refractivity contribution in [3.05, 3.63) is 0 Å². The Morgan fingerprint density at radius 3 is 2.22 bits per heavy atom. The minimum absolute atomic E-state index is 0.285. The van der Waals surface area contributed by atoms with E-state index in [1.807, 2.05) is 0 Å². The van der Waals surface area contributed by atoms with Gasteiger partial charge in [-0.2, -0.15) is 0 Å². The van der Waals surface area contributed by atoms with Crippen LogP contribution in [0.1, 0.15) is 70.6 Å². The van der Waals surface area contributed by atoms with Crippen LogP contribution >= 0.6 is 11.6 Å². The van der Waals surface area contributed by atoms with Crippen molar-refractivity contribution in [2.45, 2.75) is 70.6 Å². The first-order chi connectivity index (χ1) is 8.84. The number of carbonyl (C=O) groups is 1. The average Bonchev–Trinajstić information content (AvgIpc) is 2.33. The number of unbranched alkanes of at least 4 members (excludes halogenated alkanes) is 3. The van der Waals surface area contributed by atoms with Crippen molar-refractivity contribution in [2.24, 2.45) is 5.92 Å². The summed E-state index contributed by atoms with van der Waals surface area (Å²) in [5, 5.41) is 3.11. The molecule has 18 heavy (non-hydrogen) atoms. The van der Waals surface area contributed by atoms with Gasteiger partial charge in [0, 0.05) is 18.3 Å². The van der Waals surface area contributed by atoms with E-state index in [9.17, 15) is 4.79 Å². The number of carbonyl (C=O) groups excluding carboxylic acids is 1. The molecule has 0 heterocycles. The molecule has 0 saturated heterocycles. The Morgan fingerprint density at radius 1 is 0.944 bits per heavy atom. The molecule has 1 aliphatic rings. The monoisotopic (exact) mass is 273 g/mol. The first kappa shape index (κ1) is 15.8. The molecule has 2 nitrogen and oxygen atoms in total. The number of alkyl halides is 1. The second-order valence-corrected chi connectivity index (χ2v) is 5.81. The predicted octanol–water partition coefficient (Wildman–Crippen LogP) is 4.26. The zero-order chi connectivity index (χ0) is 13.1. The van der Waals surface area contributed by atoms with Crippen LogP contribution < -0.4 is 5.32 Å². The van der Waals surface area contributed by atoms with Crippen LogP contribution in [0.3, 0.4) is 0 Å². The van der Waals surface area contributed by atoms with Gasteiger partial charge in [-0.3, -0.25) is 4.79 Å². The molecule has 106 valence electrons. The van der Waals surface area contributed by atoms with Crippen LogP contribution in [-0.4, -0.2) is 18.3 Å². The minimum Gasteiger partial charge on any atom is -0.356 e. The Kier molecular flexibility index (Phi) is 9.37. The number of amides is 1. The Bertz CT molecular complexity index is 213. The highest BCUT2D eigenvalue weighted by molar-refractivity contribution is 6.17. The van der Waals surface area contributed by atoms with Gasteiger partial charge in [-0.1, -0.05) is 44.9 Å². The molecule has 1 N–H and O–H groups in total. The normalized spacial score (nSPS) is 18.1. The first-order valence-electron chi connectivity index (χ1n) is 7.68. The Labute approximate surface area is 117 Å². The second-order valence-electron chi connectivity index (χ2n) is 5.44. The highest BCUT2D eigenvalue weighted by Crippen LogP contribution is 2.22. The minimum atomic E-state index is 0.285. The molecule has 1 saturated carbocycles. The van der Waals surface area contributed by atoms with E-state index >= 15 is 0 Å². The lowest BCUT2D eigenvalue weighted by Gasteiger charge is -2.19. The molecule has 0 atom stereocenters. The van der Waals surface area contributed by atoms with Crippen LogP contribution in [-0.2, 0) is 4.79 Å². The summed E-state index contributed by atoms with van der Waals surface area (Å²) < 4.78 is 0. The quantitative estimate of drug-likeness (QED) is 0.545. The van der Waals surface area contributed by atoms with Gasteiger partial charge in [0.15, 0.2) is 0 Å². The summed E-state index contributed by atoms with van der Waals surface area (Å²) >= 11 is 5.63. The van der Waals surface area contributed by atoms with Gasteiger partial charge in [-0.05, 0) is 25.7 Å². The van der Waals surface area contributed by atoms with Gasteiger partial charge in [0.05, 0.1) is 0 Å². The number of halogens is 1. The van der Waals surface area contributed by atoms with Gasteiger partial charge in [-0.25, -0.2) is 0 Å². The summed E-state index contributed by atoms with van der Waals surface area (Å²) in [6.45, 7) is 0.845. The Morgan fingerprint density at radius 2 is 1.56 bits per heavy atom. The van der Waals surface area contributed by atoms with Crippen molar-refractivity contribution in [1.82, 2.24) is 5.32 Å². The molecule has 1 fully saturated rings. The molecule has 0 radical (unpaired) electrons. The van der Waals surface area contributed by atoms with Crippen molar-refractivity contribution in [3.8, 4) is 0 Å². The molecule has 1 rings (SSSR count). The van der Waals surface area contributed by atoms with Gasteiger partial charge >= 0.3 is 0 Å². The smallest absolute Gasteiger partial charge is 0.223 e. The SMILES string of the molecule is O=C(NCCCCCCCl)C1CCCCCCC1. The van der Waals surface area contributed by atoms with E-state index in [1.165, 1.54) is 44.9 Å². The largest absolute Gasteiger partial charge is 0.356 e. The molecule has 3 heteroatoms. The van der Waals surface area contributed by atoms with E-state index in [4.69, 9.17) is 11.6 Å². The molecule has 0 aromatic carbocycles. The van der Waals surface area contributed by atoms with Crippen molar-refractivity contribution < 1.29 is 4.79 Å². The van der Waals surface area contributed by atoms with Crippen molar-refractivity contribution >= 4 is 17.5 Å². The van der Waals surface area contributed by atoms with Gasteiger partial charge in [-0.15, -0.1) is 11.6 Å². The summed E-state index contributed by atoms with van der Waals surface area (Å²) in [6.07, 6.45) is 13.2. The third-order valence-corrected chi connectivity index (χ3v) is 4.10. The summed E-state index contributed by atoms with van der Waals surface area (Å²) in [5.74, 6) is 1.34. The number of rotatable bonds is 7. The van der Waals surface area contributed by atoms with Crippen molar-refractivity contribution in [3.63, 3.8) is 0 Å². The van der Waals surface area contributed by atoms with E-state index in [0.29, 0.717) is 5.91 Å². The van der Waals surface area contributed by atoms with Crippen LogP contribution in [0, 0.1) is 5.92 Å². The standard InChI is InChI=1S/C15H28ClNO/c16-12-8-4-5-9-13-17-15(18)14-10-6-2-1-3-7-11-14/h14H,1-13H2,(H,17,18). The van der Waals surface area contributed by atoms with Gasteiger partial charge in [0.1, 0.15) is 0 Å². The molecule has 0 unspecified atom stereocenters. The third-order valence-electron chi connectivity index (χ3n) is 3.84. The van der Waals surface area contributed by atoms with Crippen molar-refractivity contribution in [1.29, 1.82) is 0 Å². The fraction of sp³-hybridized carbons (Fsp3) is 0.933. The summed E-state index contributed by atoms with van der Waals surface area (Å²) in [7, 11) is 0. The molecule has 0 bridgehead atoms. The van der Waals surface area contributed by atoms with Gasteiger partial charge in [0.25, 0.3) is 0 Å². The number of hydrogen-bond donors (Lipinski definition) is 1. The van der Waals surface area contributed by atoms with Crippen LogP contribution in [0.2, 0.25) is 0 Å².